The minimum atomic E-state index is -0.394. The summed E-state index contributed by atoms with van der Waals surface area (Å²) >= 11 is 0. The number of hydrogen-bond acceptors (Lipinski definition) is 5. The predicted octanol–water partition coefficient (Wildman–Crippen LogP) is 2.45. The number of anilines is 1. The number of nitrogens with one attached hydrogen (secondary N) is 2. The molecule has 8 nitrogen and oxygen atoms in total. The van der Waals surface area contributed by atoms with Crippen LogP contribution in [-0.4, -0.2) is 44.1 Å². The number of nitrogens with zero attached hydrogens (tertiary/aromatic N) is 1. The fraction of sp³-hybridized carbons (Fsp3) is 0.364. The number of nitrogens with two attached hydrogens (primary N) is 1. The average Bonchev–Trinajstić information content (AvgIpc) is 3.26. The number of methoxy groups -OCH3 is 2. The van der Waals surface area contributed by atoms with E-state index >= 15 is 0 Å². The second-order valence-electron chi connectivity index (χ2n) is 7.13. The molecule has 8 heteroatoms. The van der Waals surface area contributed by atoms with Gasteiger partial charge in [-0.1, -0.05) is 12.1 Å². The number of amides is 3. The van der Waals surface area contributed by atoms with Crippen LogP contribution in [0.1, 0.15) is 30.0 Å². The van der Waals surface area contributed by atoms with E-state index in [4.69, 9.17) is 15.2 Å². The van der Waals surface area contributed by atoms with Crippen molar-refractivity contribution in [2.45, 2.75) is 25.4 Å². The van der Waals surface area contributed by atoms with E-state index in [-0.39, 0.29) is 18.5 Å². The third-order valence-electron chi connectivity index (χ3n) is 5.20. The van der Waals surface area contributed by atoms with Gasteiger partial charge in [0.05, 0.1) is 26.8 Å². The highest BCUT2D eigenvalue weighted by molar-refractivity contribution is 5.84. The van der Waals surface area contributed by atoms with Crippen LogP contribution in [-0.2, 0) is 11.3 Å². The molecule has 30 heavy (non-hydrogen) atoms. The van der Waals surface area contributed by atoms with Gasteiger partial charge in [-0.3, -0.25) is 4.79 Å². The minimum Gasteiger partial charge on any atom is -0.497 e. The zero-order chi connectivity index (χ0) is 21.5. The Bertz CT molecular complexity index is 885. The molecule has 3 amide bonds. The van der Waals surface area contributed by atoms with Crippen LogP contribution >= 0.6 is 0 Å². The molecule has 2 aromatic carbocycles. The molecule has 0 aliphatic carbocycles. The summed E-state index contributed by atoms with van der Waals surface area (Å²) in [5, 5.41) is 5.38. The quantitative estimate of drug-likeness (QED) is 0.606. The third kappa shape index (κ3) is 5.14. The number of rotatable bonds is 7. The van der Waals surface area contributed by atoms with Gasteiger partial charge in [0.1, 0.15) is 11.5 Å². The van der Waals surface area contributed by atoms with E-state index < -0.39 is 6.03 Å². The normalized spacial score (nSPS) is 15.5. The van der Waals surface area contributed by atoms with Crippen LogP contribution < -0.4 is 25.8 Å². The Hall–Kier alpha value is -3.42. The first kappa shape index (κ1) is 21.3. The summed E-state index contributed by atoms with van der Waals surface area (Å²) in [7, 11) is 3.22. The first-order chi connectivity index (χ1) is 14.5. The Kier molecular flexibility index (Phi) is 7.00. The van der Waals surface area contributed by atoms with Crippen molar-refractivity contribution in [2.24, 2.45) is 0 Å². The first-order valence-corrected chi connectivity index (χ1v) is 9.89. The van der Waals surface area contributed by atoms with Crippen molar-refractivity contribution < 1.29 is 19.1 Å². The van der Waals surface area contributed by atoms with E-state index in [0.717, 1.165) is 29.7 Å². The van der Waals surface area contributed by atoms with Gasteiger partial charge < -0.3 is 30.7 Å². The largest absolute Gasteiger partial charge is 0.497 e. The maximum absolute atomic E-state index is 12.8. The first-order valence-electron chi connectivity index (χ1n) is 9.89. The molecule has 0 saturated carbocycles. The number of hydrogen-bond donors (Lipinski definition) is 3. The second kappa shape index (κ2) is 9.87. The fourth-order valence-corrected chi connectivity index (χ4v) is 3.63. The Morgan fingerprint density at radius 2 is 1.87 bits per heavy atom. The van der Waals surface area contributed by atoms with E-state index in [1.54, 1.807) is 31.3 Å². The molecule has 1 aliphatic rings. The molecule has 2 aromatic rings. The number of ether oxygens (including phenoxy) is 2. The van der Waals surface area contributed by atoms with Crippen LogP contribution in [0.5, 0.6) is 11.5 Å². The van der Waals surface area contributed by atoms with Crippen LogP contribution in [0.15, 0.2) is 42.5 Å². The van der Waals surface area contributed by atoms with Gasteiger partial charge in [0.25, 0.3) is 0 Å². The number of carbonyl (C=O) groups excluding carboxylic acids is 2. The highest BCUT2D eigenvalue weighted by Crippen LogP contribution is 2.38. The Morgan fingerprint density at radius 1 is 1.10 bits per heavy atom. The Morgan fingerprint density at radius 3 is 2.57 bits per heavy atom. The fourth-order valence-electron chi connectivity index (χ4n) is 3.63. The molecule has 1 heterocycles. The Balaban J connectivity index is 1.57. The van der Waals surface area contributed by atoms with Crippen LogP contribution in [0.3, 0.4) is 0 Å². The molecule has 1 atom stereocenters. The molecule has 1 aliphatic heterocycles. The molecular weight excluding hydrogens is 384 g/mol. The van der Waals surface area contributed by atoms with E-state index in [0.29, 0.717) is 24.5 Å². The SMILES string of the molecule is COc1ccc(OC)c(C2CCCN2C(=O)CNC(=O)NCc2ccc(N)cc2)c1. The van der Waals surface area contributed by atoms with Gasteiger partial charge in [0.2, 0.25) is 5.91 Å². The van der Waals surface area contributed by atoms with E-state index in [9.17, 15) is 9.59 Å². The van der Waals surface area contributed by atoms with Crippen LogP contribution in [0, 0.1) is 0 Å². The average molecular weight is 412 g/mol. The van der Waals surface area contributed by atoms with Gasteiger partial charge in [-0.05, 0) is 48.7 Å². The molecule has 0 radical (unpaired) electrons. The summed E-state index contributed by atoms with van der Waals surface area (Å²) in [4.78, 5) is 26.7. The minimum absolute atomic E-state index is 0.0731. The summed E-state index contributed by atoms with van der Waals surface area (Å²) in [5.41, 5.74) is 8.16. The van der Waals surface area contributed by atoms with E-state index in [1.807, 2.05) is 30.3 Å². The summed E-state index contributed by atoms with van der Waals surface area (Å²) in [6, 6.07) is 12.3. The number of carbonyl (C=O) groups is 2. The van der Waals surface area contributed by atoms with Crippen molar-refractivity contribution in [2.75, 3.05) is 33.0 Å². The Labute approximate surface area is 176 Å². The maximum atomic E-state index is 12.8. The molecular formula is C22H28N4O4. The summed E-state index contributed by atoms with van der Waals surface area (Å²) in [6.45, 7) is 0.919. The van der Waals surface area contributed by atoms with Crippen LogP contribution in [0.4, 0.5) is 10.5 Å². The van der Waals surface area contributed by atoms with Crippen molar-refractivity contribution >= 4 is 17.6 Å². The number of benzene rings is 2. The van der Waals surface area contributed by atoms with E-state index in [1.165, 1.54) is 0 Å². The molecule has 3 rings (SSSR count). The van der Waals surface area contributed by atoms with Gasteiger partial charge in [-0.25, -0.2) is 4.79 Å². The zero-order valence-electron chi connectivity index (χ0n) is 17.3. The van der Waals surface area contributed by atoms with Crippen molar-refractivity contribution in [3.05, 3.63) is 53.6 Å². The predicted molar refractivity (Wildman–Crippen MR) is 114 cm³/mol. The zero-order valence-corrected chi connectivity index (χ0v) is 17.3. The van der Waals surface area contributed by atoms with Gasteiger partial charge in [-0.2, -0.15) is 0 Å². The monoisotopic (exact) mass is 412 g/mol. The van der Waals surface area contributed by atoms with Gasteiger partial charge in [0, 0.05) is 24.3 Å². The number of likely N-dealkylation sites (tertiary alicyclic amines) is 1. The lowest BCUT2D eigenvalue weighted by molar-refractivity contribution is -0.131. The van der Waals surface area contributed by atoms with E-state index in [2.05, 4.69) is 10.6 Å². The van der Waals surface area contributed by atoms with Crippen molar-refractivity contribution in [1.29, 1.82) is 0 Å². The molecule has 0 spiro atoms. The van der Waals surface area contributed by atoms with Gasteiger partial charge in [-0.15, -0.1) is 0 Å². The lowest BCUT2D eigenvalue weighted by Crippen LogP contribution is -2.43. The maximum Gasteiger partial charge on any atom is 0.315 e. The third-order valence-corrected chi connectivity index (χ3v) is 5.20. The molecule has 4 N–H and O–H groups in total. The van der Waals surface area contributed by atoms with Gasteiger partial charge in [0.15, 0.2) is 0 Å². The highest BCUT2D eigenvalue weighted by atomic mass is 16.5. The lowest BCUT2D eigenvalue weighted by atomic mass is 10.0. The standard InChI is InChI=1S/C22H28N4O4/c1-29-17-9-10-20(30-2)18(12-17)19-4-3-11-26(19)21(27)14-25-22(28)24-13-15-5-7-16(23)8-6-15/h5-10,12,19H,3-4,11,13-14,23H2,1-2H3,(H2,24,25,28). The lowest BCUT2D eigenvalue weighted by Gasteiger charge is -2.27. The van der Waals surface area contributed by atoms with Crippen LogP contribution in [0.25, 0.3) is 0 Å². The summed E-state index contributed by atoms with van der Waals surface area (Å²) in [6.07, 6.45) is 1.72. The molecule has 160 valence electrons. The summed E-state index contributed by atoms with van der Waals surface area (Å²) in [5.74, 6) is 1.30. The molecule has 0 bridgehead atoms. The molecule has 0 aromatic heterocycles. The second-order valence-corrected chi connectivity index (χ2v) is 7.13. The van der Waals surface area contributed by atoms with Crippen molar-refractivity contribution in [3.63, 3.8) is 0 Å². The molecule has 1 unspecified atom stereocenters. The highest BCUT2D eigenvalue weighted by Gasteiger charge is 2.32. The topological polar surface area (TPSA) is 106 Å². The smallest absolute Gasteiger partial charge is 0.315 e. The molecule has 1 saturated heterocycles. The van der Waals surface area contributed by atoms with Crippen LogP contribution in [0.2, 0.25) is 0 Å². The molecule has 1 fully saturated rings. The van der Waals surface area contributed by atoms with Crippen molar-refractivity contribution in [3.8, 4) is 11.5 Å². The number of nitrogen functional groups attached to an aromatic ring is 1. The summed E-state index contributed by atoms with van der Waals surface area (Å²) < 4.78 is 10.8. The van der Waals surface area contributed by atoms with Gasteiger partial charge >= 0.3 is 6.03 Å². The van der Waals surface area contributed by atoms with Crippen molar-refractivity contribution in [1.82, 2.24) is 15.5 Å². The number of urea groups is 1.